The molecule has 0 saturated carbocycles. The molecule has 32 heavy (non-hydrogen) atoms. The number of carbonyl (C=O) groups excluding carboxylic acids is 1. The molecular formula is C24H25ClN2O3S2. The van der Waals surface area contributed by atoms with Crippen LogP contribution in [0.5, 0.6) is 0 Å². The molecule has 5 nitrogen and oxygen atoms in total. The number of hydrogen-bond acceptors (Lipinski definition) is 4. The van der Waals surface area contributed by atoms with Crippen molar-refractivity contribution in [3.8, 4) is 0 Å². The minimum atomic E-state index is -3.73. The second-order valence-electron chi connectivity index (χ2n) is 7.39. The normalized spacial score (nSPS) is 12.2. The number of rotatable bonds is 8. The molecule has 1 amide bonds. The summed E-state index contributed by atoms with van der Waals surface area (Å²) in [6, 6.07) is 18.9. The van der Waals surface area contributed by atoms with Gasteiger partial charge in [0.05, 0.1) is 10.1 Å². The molecule has 0 fully saturated rings. The Hall–Kier alpha value is -2.48. The fourth-order valence-electron chi connectivity index (χ4n) is 2.96. The van der Waals surface area contributed by atoms with Crippen molar-refractivity contribution >= 4 is 50.7 Å². The molecule has 0 aromatic heterocycles. The van der Waals surface area contributed by atoms with Crippen molar-refractivity contribution in [3.05, 3.63) is 82.9 Å². The van der Waals surface area contributed by atoms with Crippen LogP contribution in [0.2, 0.25) is 5.02 Å². The maximum absolute atomic E-state index is 12.7. The maximum atomic E-state index is 12.7. The third kappa shape index (κ3) is 6.28. The monoisotopic (exact) mass is 488 g/mol. The molecule has 0 saturated heterocycles. The first-order valence-electron chi connectivity index (χ1n) is 10.1. The Morgan fingerprint density at radius 2 is 1.56 bits per heavy atom. The Morgan fingerprint density at radius 1 is 0.938 bits per heavy atom. The van der Waals surface area contributed by atoms with Gasteiger partial charge in [0.15, 0.2) is 0 Å². The van der Waals surface area contributed by atoms with E-state index in [1.54, 1.807) is 36.4 Å². The standard InChI is InChI=1S/C24H25ClN2O3S2/c1-4-23(31-21-11-6-18(25)7-12-21)24(28)26-19-9-13-22(14-10-19)32(29,30)27-20-8-5-16(2)17(3)15-20/h5-15,23,27H,4H2,1-3H3,(H,26,28). The lowest BCUT2D eigenvalue weighted by Gasteiger charge is -2.15. The van der Waals surface area contributed by atoms with Crippen molar-refractivity contribution in [2.24, 2.45) is 0 Å². The van der Waals surface area contributed by atoms with E-state index >= 15 is 0 Å². The molecule has 0 bridgehead atoms. The molecule has 168 valence electrons. The van der Waals surface area contributed by atoms with Gasteiger partial charge in [-0.25, -0.2) is 8.42 Å². The molecule has 3 aromatic carbocycles. The highest BCUT2D eigenvalue weighted by atomic mass is 35.5. The smallest absolute Gasteiger partial charge is 0.261 e. The van der Waals surface area contributed by atoms with E-state index < -0.39 is 10.0 Å². The first-order chi connectivity index (χ1) is 15.2. The average molecular weight is 489 g/mol. The number of thioether (sulfide) groups is 1. The van der Waals surface area contributed by atoms with Crippen molar-refractivity contribution in [1.29, 1.82) is 0 Å². The lowest BCUT2D eigenvalue weighted by atomic mass is 10.1. The van der Waals surface area contributed by atoms with Gasteiger partial charge in [0.2, 0.25) is 5.91 Å². The van der Waals surface area contributed by atoms with E-state index in [0.717, 1.165) is 16.0 Å². The summed E-state index contributed by atoms with van der Waals surface area (Å²) < 4.78 is 28.0. The van der Waals surface area contributed by atoms with E-state index in [1.165, 1.54) is 23.9 Å². The van der Waals surface area contributed by atoms with Crippen LogP contribution in [0.15, 0.2) is 76.5 Å². The molecule has 0 aliphatic heterocycles. The van der Waals surface area contributed by atoms with Gasteiger partial charge >= 0.3 is 0 Å². The summed E-state index contributed by atoms with van der Waals surface area (Å²) in [6.07, 6.45) is 0.644. The van der Waals surface area contributed by atoms with Gasteiger partial charge in [-0.3, -0.25) is 9.52 Å². The Morgan fingerprint density at radius 3 is 2.16 bits per heavy atom. The molecule has 0 radical (unpaired) electrons. The highest BCUT2D eigenvalue weighted by Crippen LogP contribution is 2.28. The fourth-order valence-corrected chi connectivity index (χ4v) is 5.09. The van der Waals surface area contributed by atoms with Gasteiger partial charge in [0.25, 0.3) is 10.0 Å². The molecule has 3 aromatic rings. The lowest BCUT2D eigenvalue weighted by molar-refractivity contribution is -0.115. The van der Waals surface area contributed by atoms with Gasteiger partial charge in [-0.05, 0) is 92.1 Å². The van der Waals surface area contributed by atoms with Gasteiger partial charge in [-0.2, -0.15) is 0 Å². The molecule has 0 heterocycles. The first kappa shape index (κ1) is 24.2. The predicted molar refractivity (Wildman–Crippen MR) is 133 cm³/mol. The summed E-state index contributed by atoms with van der Waals surface area (Å²) in [7, 11) is -3.73. The largest absolute Gasteiger partial charge is 0.325 e. The molecule has 0 aliphatic rings. The highest BCUT2D eigenvalue weighted by Gasteiger charge is 2.19. The van der Waals surface area contributed by atoms with E-state index in [9.17, 15) is 13.2 Å². The average Bonchev–Trinajstić information content (AvgIpc) is 2.76. The van der Waals surface area contributed by atoms with Crippen molar-refractivity contribution in [2.45, 2.75) is 42.2 Å². The fraction of sp³-hybridized carbons (Fsp3) is 0.208. The zero-order chi connectivity index (χ0) is 23.3. The predicted octanol–water partition coefficient (Wildman–Crippen LogP) is 6.27. The van der Waals surface area contributed by atoms with Crippen LogP contribution in [0.1, 0.15) is 24.5 Å². The molecule has 0 aliphatic carbocycles. The topological polar surface area (TPSA) is 75.3 Å². The van der Waals surface area contributed by atoms with Crippen LogP contribution in [-0.2, 0) is 14.8 Å². The van der Waals surface area contributed by atoms with Gasteiger partial charge in [0.1, 0.15) is 0 Å². The van der Waals surface area contributed by atoms with Crippen LogP contribution in [-0.4, -0.2) is 19.6 Å². The number of amides is 1. The minimum absolute atomic E-state index is 0.122. The van der Waals surface area contributed by atoms with E-state index in [1.807, 2.05) is 39.0 Å². The number of sulfonamides is 1. The number of aryl methyl sites for hydroxylation is 2. The first-order valence-corrected chi connectivity index (χ1v) is 12.9. The number of nitrogens with one attached hydrogen (secondary N) is 2. The molecule has 2 N–H and O–H groups in total. The Balaban J connectivity index is 1.66. The summed E-state index contributed by atoms with van der Waals surface area (Å²) >= 11 is 7.38. The molecular weight excluding hydrogens is 464 g/mol. The van der Waals surface area contributed by atoms with Crippen LogP contribution in [0, 0.1) is 13.8 Å². The molecule has 8 heteroatoms. The number of benzene rings is 3. The Kier molecular flexibility index (Phi) is 7.87. The SMILES string of the molecule is CCC(Sc1ccc(Cl)cc1)C(=O)Nc1ccc(S(=O)(=O)Nc2ccc(C)c(C)c2)cc1. The number of carbonyl (C=O) groups is 1. The van der Waals surface area contributed by atoms with Crippen LogP contribution >= 0.6 is 23.4 Å². The van der Waals surface area contributed by atoms with Crippen LogP contribution in [0.4, 0.5) is 11.4 Å². The summed E-state index contributed by atoms with van der Waals surface area (Å²) in [5, 5.41) is 3.23. The zero-order valence-electron chi connectivity index (χ0n) is 18.1. The Labute approximate surface area is 198 Å². The molecule has 0 spiro atoms. The van der Waals surface area contributed by atoms with Crippen LogP contribution < -0.4 is 10.0 Å². The third-order valence-electron chi connectivity index (χ3n) is 4.95. The Bertz CT molecular complexity index is 1190. The van der Waals surface area contributed by atoms with Gasteiger partial charge in [0, 0.05) is 21.3 Å². The summed E-state index contributed by atoms with van der Waals surface area (Å²) in [4.78, 5) is 13.8. The third-order valence-corrected chi connectivity index (χ3v) is 7.97. The number of halogens is 1. The van der Waals surface area contributed by atoms with E-state index in [-0.39, 0.29) is 16.1 Å². The molecule has 3 rings (SSSR count). The minimum Gasteiger partial charge on any atom is -0.325 e. The summed E-state index contributed by atoms with van der Waals surface area (Å²) in [5.41, 5.74) is 3.14. The van der Waals surface area contributed by atoms with Gasteiger partial charge < -0.3 is 5.32 Å². The lowest BCUT2D eigenvalue weighted by Crippen LogP contribution is -2.24. The maximum Gasteiger partial charge on any atom is 0.261 e. The van der Waals surface area contributed by atoms with Crippen LogP contribution in [0.3, 0.4) is 0 Å². The quantitative estimate of drug-likeness (QED) is 0.366. The van der Waals surface area contributed by atoms with E-state index in [4.69, 9.17) is 11.6 Å². The van der Waals surface area contributed by atoms with Crippen molar-refractivity contribution in [2.75, 3.05) is 10.0 Å². The van der Waals surface area contributed by atoms with Crippen molar-refractivity contribution in [3.63, 3.8) is 0 Å². The zero-order valence-corrected chi connectivity index (χ0v) is 20.4. The highest BCUT2D eigenvalue weighted by molar-refractivity contribution is 8.00. The second kappa shape index (κ2) is 10.4. The van der Waals surface area contributed by atoms with Crippen LogP contribution in [0.25, 0.3) is 0 Å². The van der Waals surface area contributed by atoms with Gasteiger partial charge in [-0.1, -0.05) is 24.6 Å². The number of hydrogen-bond donors (Lipinski definition) is 2. The van der Waals surface area contributed by atoms with E-state index in [0.29, 0.717) is 22.8 Å². The molecule has 1 atom stereocenters. The summed E-state index contributed by atoms with van der Waals surface area (Å²) in [6.45, 7) is 5.85. The molecule has 1 unspecified atom stereocenters. The number of anilines is 2. The second-order valence-corrected chi connectivity index (χ2v) is 10.8. The van der Waals surface area contributed by atoms with Gasteiger partial charge in [-0.15, -0.1) is 11.8 Å². The summed E-state index contributed by atoms with van der Waals surface area (Å²) in [5.74, 6) is -0.142. The van der Waals surface area contributed by atoms with E-state index in [2.05, 4.69) is 10.0 Å². The van der Waals surface area contributed by atoms with Crippen molar-refractivity contribution in [1.82, 2.24) is 0 Å². The van der Waals surface area contributed by atoms with Crippen molar-refractivity contribution < 1.29 is 13.2 Å².